The molecule has 1 atom stereocenters. The standard InChI is InChI=1S/C18H28N2O2.ClH/c1-14(2)15-4-6-16(7-5-15)22-11-8-17(21)20-10-9-18(3,12-19)13-20;/h4-7,14H,8-13,19H2,1-3H3;1H. The Kier molecular flexibility index (Phi) is 7.36. The van der Waals surface area contributed by atoms with E-state index in [4.69, 9.17) is 10.5 Å². The van der Waals surface area contributed by atoms with Gasteiger partial charge in [-0.05, 0) is 42.0 Å². The molecule has 4 nitrogen and oxygen atoms in total. The Balaban J connectivity index is 0.00000264. The largest absolute Gasteiger partial charge is 0.493 e. The highest BCUT2D eigenvalue weighted by atomic mass is 35.5. The second-order valence-corrected chi connectivity index (χ2v) is 6.90. The van der Waals surface area contributed by atoms with Crippen molar-refractivity contribution < 1.29 is 9.53 Å². The van der Waals surface area contributed by atoms with Gasteiger partial charge >= 0.3 is 0 Å². The third kappa shape index (κ3) is 5.40. The average Bonchev–Trinajstić information content (AvgIpc) is 2.91. The van der Waals surface area contributed by atoms with Gasteiger partial charge in [-0.2, -0.15) is 0 Å². The normalized spacial score (nSPS) is 20.5. The molecule has 0 bridgehead atoms. The van der Waals surface area contributed by atoms with Gasteiger partial charge in [-0.25, -0.2) is 0 Å². The zero-order chi connectivity index (χ0) is 16.2. The van der Waals surface area contributed by atoms with E-state index < -0.39 is 0 Å². The van der Waals surface area contributed by atoms with Gasteiger partial charge in [0.05, 0.1) is 13.0 Å². The first-order valence-corrected chi connectivity index (χ1v) is 8.14. The van der Waals surface area contributed by atoms with Gasteiger partial charge in [0.15, 0.2) is 0 Å². The quantitative estimate of drug-likeness (QED) is 0.865. The molecule has 1 saturated heterocycles. The Morgan fingerprint density at radius 1 is 1.35 bits per heavy atom. The molecule has 23 heavy (non-hydrogen) atoms. The Morgan fingerprint density at radius 3 is 2.52 bits per heavy atom. The van der Waals surface area contributed by atoms with Crippen LogP contribution in [-0.2, 0) is 4.79 Å². The number of nitrogens with zero attached hydrogens (tertiary/aromatic N) is 1. The van der Waals surface area contributed by atoms with Crippen LogP contribution in [0.3, 0.4) is 0 Å². The number of ether oxygens (including phenoxy) is 1. The second-order valence-electron chi connectivity index (χ2n) is 6.90. The van der Waals surface area contributed by atoms with E-state index in [0.717, 1.165) is 25.3 Å². The summed E-state index contributed by atoms with van der Waals surface area (Å²) >= 11 is 0. The molecular formula is C18H29ClN2O2. The summed E-state index contributed by atoms with van der Waals surface area (Å²) in [5.74, 6) is 1.50. The van der Waals surface area contributed by atoms with Gasteiger partial charge in [0.2, 0.25) is 5.91 Å². The smallest absolute Gasteiger partial charge is 0.226 e. The number of hydrogen-bond donors (Lipinski definition) is 1. The van der Waals surface area contributed by atoms with Crippen molar-refractivity contribution in [2.75, 3.05) is 26.2 Å². The molecule has 0 aromatic heterocycles. The highest BCUT2D eigenvalue weighted by Gasteiger charge is 2.34. The molecule has 5 heteroatoms. The summed E-state index contributed by atoms with van der Waals surface area (Å²) in [5, 5.41) is 0. The van der Waals surface area contributed by atoms with Crippen molar-refractivity contribution in [3.8, 4) is 5.75 Å². The Bertz CT molecular complexity index is 504. The lowest BCUT2D eigenvalue weighted by Crippen LogP contribution is -2.35. The van der Waals surface area contributed by atoms with Crippen LogP contribution in [-0.4, -0.2) is 37.0 Å². The summed E-state index contributed by atoms with van der Waals surface area (Å²) in [4.78, 5) is 14.1. The van der Waals surface area contributed by atoms with Gasteiger partial charge in [0, 0.05) is 13.1 Å². The van der Waals surface area contributed by atoms with Gasteiger partial charge in [-0.3, -0.25) is 4.79 Å². The number of halogens is 1. The molecule has 0 spiro atoms. The number of carbonyl (C=O) groups excluding carboxylic acids is 1. The number of benzene rings is 1. The third-order valence-electron chi connectivity index (χ3n) is 4.53. The molecule has 1 aromatic rings. The van der Waals surface area contributed by atoms with Crippen molar-refractivity contribution in [3.63, 3.8) is 0 Å². The monoisotopic (exact) mass is 340 g/mol. The predicted molar refractivity (Wildman–Crippen MR) is 96.2 cm³/mol. The second kappa shape index (κ2) is 8.55. The molecule has 1 fully saturated rings. The molecule has 1 aromatic carbocycles. The molecule has 1 aliphatic heterocycles. The van der Waals surface area contributed by atoms with Crippen LogP contribution in [0.2, 0.25) is 0 Å². The number of amides is 1. The van der Waals surface area contributed by atoms with Gasteiger partial charge in [0.25, 0.3) is 0 Å². The molecule has 2 N–H and O–H groups in total. The first-order valence-electron chi connectivity index (χ1n) is 8.14. The lowest BCUT2D eigenvalue weighted by Gasteiger charge is -2.22. The average molecular weight is 341 g/mol. The van der Waals surface area contributed by atoms with E-state index in [-0.39, 0.29) is 23.7 Å². The molecule has 0 aliphatic carbocycles. The maximum absolute atomic E-state index is 12.2. The fraction of sp³-hybridized carbons (Fsp3) is 0.611. The van der Waals surface area contributed by atoms with E-state index in [1.165, 1.54) is 5.56 Å². The Morgan fingerprint density at radius 2 is 2.00 bits per heavy atom. The van der Waals surface area contributed by atoms with E-state index in [9.17, 15) is 4.79 Å². The lowest BCUT2D eigenvalue weighted by atomic mass is 9.90. The fourth-order valence-electron chi connectivity index (χ4n) is 2.77. The van der Waals surface area contributed by atoms with Crippen LogP contribution in [0.25, 0.3) is 0 Å². The summed E-state index contributed by atoms with van der Waals surface area (Å²) in [5.41, 5.74) is 7.16. The van der Waals surface area contributed by atoms with Crippen LogP contribution in [0.1, 0.15) is 45.1 Å². The predicted octanol–water partition coefficient (Wildman–Crippen LogP) is 3.20. The topological polar surface area (TPSA) is 55.6 Å². The molecule has 0 radical (unpaired) electrons. The van der Waals surface area contributed by atoms with Gasteiger partial charge in [-0.15, -0.1) is 12.4 Å². The van der Waals surface area contributed by atoms with E-state index in [1.54, 1.807) is 0 Å². The lowest BCUT2D eigenvalue weighted by molar-refractivity contribution is -0.131. The zero-order valence-electron chi connectivity index (χ0n) is 14.4. The summed E-state index contributed by atoms with van der Waals surface area (Å²) in [6.07, 6.45) is 1.42. The maximum Gasteiger partial charge on any atom is 0.226 e. The number of carbonyl (C=O) groups is 1. The Hall–Kier alpha value is -1.26. The number of likely N-dealkylation sites (tertiary alicyclic amines) is 1. The van der Waals surface area contributed by atoms with Crippen LogP contribution in [0.15, 0.2) is 24.3 Å². The number of rotatable bonds is 6. The van der Waals surface area contributed by atoms with Gasteiger partial charge in [-0.1, -0.05) is 32.9 Å². The third-order valence-corrected chi connectivity index (χ3v) is 4.53. The van der Waals surface area contributed by atoms with Crippen LogP contribution < -0.4 is 10.5 Å². The molecule has 0 saturated carbocycles. The summed E-state index contributed by atoms with van der Waals surface area (Å²) in [7, 11) is 0. The van der Waals surface area contributed by atoms with Crippen LogP contribution >= 0.6 is 12.4 Å². The summed E-state index contributed by atoms with van der Waals surface area (Å²) < 4.78 is 5.68. The Labute approximate surface area is 145 Å². The van der Waals surface area contributed by atoms with Crippen molar-refractivity contribution in [1.29, 1.82) is 0 Å². The summed E-state index contributed by atoms with van der Waals surface area (Å²) in [6, 6.07) is 8.10. The minimum absolute atomic E-state index is 0. The molecule has 130 valence electrons. The number of hydrogen-bond acceptors (Lipinski definition) is 3. The van der Waals surface area contributed by atoms with Crippen molar-refractivity contribution in [3.05, 3.63) is 29.8 Å². The first kappa shape index (κ1) is 19.8. The van der Waals surface area contributed by atoms with E-state index in [0.29, 0.717) is 25.5 Å². The highest BCUT2D eigenvalue weighted by molar-refractivity contribution is 5.85. The van der Waals surface area contributed by atoms with E-state index in [1.807, 2.05) is 17.0 Å². The molecule has 1 amide bonds. The maximum atomic E-state index is 12.2. The van der Waals surface area contributed by atoms with Gasteiger partial charge in [0.1, 0.15) is 5.75 Å². The molecule has 1 heterocycles. The van der Waals surface area contributed by atoms with E-state index >= 15 is 0 Å². The minimum Gasteiger partial charge on any atom is -0.493 e. The molecule has 2 rings (SSSR count). The molecule has 1 unspecified atom stereocenters. The van der Waals surface area contributed by atoms with Crippen LogP contribution in [0, 0.1) is 5.41 Å². The molecular weight excluding hydrogens is 312 g/mol. The number of nitrogens with two attached hydrogens (primary N) is 1. The SMILES string of the molecule is CC(C)c1ccc(OCCC(=O)N2CCC(C)(CN)C2)cc1.Cl. The van der Waals surface area contributed by atoms with E-state index in [2.05, 4.69) is 32.9 Å². The van der Waals surface area contributed by atoms with Crippen molar-refractivity contribution >= 4 is 18.3 Å². The van der Waals surface area contributed by atoms with Crippen molar-refractivity contribution in [1.82, 2.24) is 4.90 Å². The van der Waals surface area contributed by atoms with Crippen molar-refractivity contribution in [2.24, 2.45) is 11.1 Å². The highest BCUT2D eigenvalue weighted by Crippen LogP contribution is 2.28. The van der Waals surface area contributed by atoms with Crippen molar-refractivity contribution in [2.45, 2.75) is 39.5 Å². The first-order chi connectivity index (χ1) is 10.4. The van der Waals surface area contributed by atoms with Gasteiger partial charge < -0.3 is 15.4 Å². The minimum atomic E-state index is 0. The summed E-state index contributed by atoms with van der Waals surface area (Å²) in [6.45, 7) is 9.12. The van der Waals surface area contributed by atoms with Crippen LogP contribution in [0.4, 0.5) is 0 Å². The fourth-order valence-corrected chi connectivity index (χ4v) is 2.77. The zero-order valence-corrected chi connectivity index (χ0v) is 15.2. The molecule has 1 aliphatic rings. The van der Waals surface area contributed by atoms with Crippen LogP contribution in [0.5, 0.6) is 5.75 Å².